The zero-order chi connectivity index (χ0) is 22.0. The number of sulfone groups is 1. The highest BCUT2D eigenvalue weighted by atomic mass is 32.2. The van der Waals surface area contributed by atoms with Crippen molar-refractivity contribution < 1.29 is 27.3 Å². The summed E-state index contributed by atoms with van der Waals surface area (Å²) in [6, 6.07) is 13.4. The summed E-state index contributed by atoms with van der Waals surface area (Å²) in [5.41, 5.74) is 0.860. The summed E-state index contributed by atoms with van der Waals surface area (Å²) in [7, 11) is -8.55. The van der Waals surface area contributed by atoms with Gasteiger partial charge in [0.05, 0.1) is 16.7 Å². The summed E-state index contributed by atoms with van der Waals surface area (Å²) < 4.78 is 42.8. The molecule has 0 radical (unpaired) electrons. The highest BCUT2D eigenvalue weighted by Gasteiger charge is 2.42. The van der Waals surface area contributed by atoms with Crippen LogP contribution in [0.5, 0.6) is 5.75 Å². The van der Waals surface area contributed by atoms with Gasteiger partial charge in [0.25, 0.3) is 0 Å². The maximum Gasteiger partial charge on any atom is 0.524 e. The van der Waals surface area contributed by atoms with Gasteiger partial charge in [0.15, 0.2) is 9.84 Å². The van der Waals surface area contributed by atoms with Crippen molar-refractivity contribution in [2.75, 3.05) is 5.75 Å². The standard InChI is InChI=1S/C21H28NO6PS/c1-3-5-13-21(4-2)15-30(26,27)19-14-17(28-29(23,24)25)11-12-18(19)20(22-21)16-9-7-6-8-10-16/h6-12,14,20,22H,3-5,13,15H2,1-2H3,(H2,23,24,25)/t20-,21-/m0/s1. The van der Waals surface area contributed by atoms with Gasteiger partial charge in [-0.1, -0.05) is 63.1 Å². The van der Waals surface area contributed by atoms with Gasteiger partial charge in [0.2, 0.25) is 0 Å². The van der Waals surface area contributed by atoms with Crippen LogP contribution in [0.15, 0.2) is 53.4 Å². The van der Waals surface area contributed by atoms with E-state index in [2.05, 4.69) is 16.8 Å². The molecule has 164 valence electrons. The van der Waals surface area contributed by atoms with Gasteiger partial charge >= 0.3 is 7.82 Å². The first kappa shape index (κ1) is 23.0. The zero-order valence-corrected chi connectivity index (χ0v) is 18.8. The summed E-state index contributed by atoms with van der Waals surface area (Å²) in [6.45, 7) is 4.06. The number of hydrogen-bond acceptors (Lipinski definition) is 5. The van der Waals surface area contributed by atoms with Crippen LogP contribution in [0.4, 0.5) is 0 Å². The van der Waals surface area contributed by atoms with Gasteiger partial charge in [-0.25, -0.2) is 13.0 Å². The molecule has 0 saturated carbocycles. The highest BCUT2D eigenvalue weighted by Crippen LogP contribution is 2.42. The van der Waals surface area contributed by atoms with Crippen molar-refractivity contribution in [3.05, 3.63) is 59.7 Å². The molecule has 3 N–H and O–H groups in total. The minimum Gasteiger partial charge on any atom is -0.404 e. The van der Waals surface area contributed by atoms with Crippen LogP contribution in [-0.4, -0.2) is 29.5 Å². The number of phosphoric acid groups is 1. The van der Waals surface area contributed by atoms with Crippen LogP contribution < -0.4 is 9.84 Å². The van der Waals surface area contributed by atoms with E-state index in [-0.39, 0.29) is 22.4 Å². The normalized spacial score (nSPS) is 23.4. The lowest BCUT2D eigenvalue weighted by molar-refractivity contribution is 0.283. The van der Waals surface area contributed by atoms with Crippen molar-refractivity contribution in [3.63, 3.8) is 0 Å². The first-order chi connectivity index (χ1) is 14.1. The molecule has 0 aromatic heterocycles. The number of rotatable bonds is 7. The number of unbranched alkanes of at least 4 members (excludes halogenated alkanes) is 1. The quantitative estimate of drug-likeness (QED) is 0.544. The lowest BCUT2D eigenvalue weighted by Gasteiger charge is -2.35. The molecule has 2 aromatic rings. The summed E-state index contributed by atoms with van der Waals surface area (Å²) in [6.07, 6.45) is 3.19. The van der Waals surface area contributed by atoms with Crippen molar-refractivity contribution in [3.8, 4) is 5.75 Å². The topological polar surface area (TPSA) is 113 Å². The first-order valence-electron chi connectivity index (χ1n) is 10.0. The Bertz CT molecular complexity index is 1040. The van der Waals surface area contributed by atoms with Crippen LogP contribution in [-0.2, 0) is 14.4 Å². The minimum absolute atomic E-state index is 0.0432. The molecule has 0 amide bonds. The van der Waals surface area contributed by atoms with Gasteiger partial charge in [-0.3, -0.25) is 15.1 Å². The zero-order valence-electron chi connectivity index (χ0n) is 17.1. The average molecular weight is 453 g/mol. The van der Waals surface area contributed by atoms with E-state index in [1.807, 2.05) is 37.3 Å². The lowest BCUT2D eigenvalue weighted by Crippen LogP contribution is -2.50. The Hall–Kier alpha value is -1.70. The van der Waals surface area contributed by atoms with E-state index in [1.54, 1.807) is 6.07 Å². The monoisotopic (exact) mass is 453 g/mol. The van der Waals surface area contributed by atoms with Crippen molar-refractivity contribution in [1.29, 1.82) is 0 Å². The highest BCUT2D eigenvalue weighted by molar-refractivity contribution is 7.91. The molecule has 2 aromatic carbocycles. The van der Waals surface area contributed by atoms with E-state index >= 15 is 0 Å². The molecule has 0 unspecified atom stereocenters. The van der Waals surface area contributed by atoms with E-state index in [0.29, 0.717) is 18.4 Å². The largest absolute Gasteiger partial charge is 0.524 e. The second-order valence-electron chi connectivity index (χ2n) is 7.77. The van der Waals surface area contributed by atoms with Crippen molar-refractivity contribution in [1.82, 2.24) is 5.32 Å². The third-order valence-electron chi connectivity index (χ3n) is 5.59. The molecule has 0 aliphatic carbocycles. The minimum atomic E-state index is -4.81. The summed E-state index contributed by atoms with van der Waals surface area (Å²) in [5.74, 6) is -0.262. The van der Waals surface area contributed by atoms with Gasteiger partial charge in [0, 0.05) is 5.54 Å². The van der Waals surface area contributed by atoms with E-state index in [1.165, 1.54) is 12.1 Å². The number of hydrogen-bond donors (Lipinski definition) is 3. The van der Waals surface area contributed by atoms with E-state index in [9.17, 15) is 13.0 Å². The Labute approximate surface area is 177 Å². The summed E-state index contributed by atoms with van der Waals surface area (Å²) in [4.78, 5) is 18.3. The Morgan fingerprint density at radius 2 is 1.87 bits per heavy atom. The predicted octanol–water partition coefficient (Wildman–Crippen LogP) is 3.96. The van der Waals surface area contributed by atoms with E-state index in [4.69, 9.17) is 9.79 Å². The molecule has 3 rings (SSSR count). The fraction of sp³-hybridized carbons (Fsp3) is 0.429. The fourth-order valence-corrected chi connectivity index (χ4v) is 6.58. The average Bonchev–Trinajstić information content (AvgIpc) is 2.79. The number of nitrogens with one attached hydrogen (secondary N) is 1. The molecular weight excluding hydrogens is 425 g/mol. The van der Waals surface area contributed by atoms with Crippen molar-refractivity contribution >= 4 is 17.7 Å². The Kier molecular flexibility index (Phi) is 6.75. The Balaban J connectivity index is 2.19. The van der Waals surface area contributed by atoms with E-state index in [0.717, 1.165) is 18.4 Å². The number of benzene rings is 2. The number of fused-ring (bicyclic) bond motifs is 1. The first-order valence-corrected chi connectivity index (χ1v) is 13.2. The lowest BCUT2D eigenvalue weighted by atomic mass is 9.88. The van der Waals surface area contributed by atoms with E-state index < -0.39 is 23.2 Å². The smallest absolute Gasteiger partial charge is 0.404 e. The van der Waals surface area contributed by atoms with Gasteiger partial charge < -0.3 is 4.52 Å². The molecular formula is C21H28NO6PS. The van der Waals surface area contributed by atoms with Crippen LogP contribution in [0.25, 0.3) is 0 Å². The predicted molar refractivity (Wildman–Crippen MR) is 115 cm³/mol. The molecule has 30 heavy (non-hydrogen) atoms. The summed E-state index contributed by atoms with van der Waals surface area (Å²) >= 11 is 0. The molecule has 9 heteroatoms. The van der Waals surface area contributed by atoms with Crippen molar-refractivity contribution in [2.45, 2.75) is 56.0 Å². The van der Waals surface area contributed by atoms with Crippen LogP contribution in [0, 0.1) is 0 Å². The fourth-order valence-electron chi connectivity index (χ4n) is 4.03. The number of phosphoric ester groups is 1. The molecule has 2 atom stereocenters. The maximum absolute atomic E-state index is 13.4. The van der Waals surface area contributed by atoms with Crippen LogP contribution in [0.1, 0.15) is 56.7 Å². The van der Waals surface area contributed by atoms with Crippen LogP contribution in [0.2, 0.25) is 0 Å². The van der Waals surface area contributed by atoms with Crippen molar-refractivity contribution in [2.24, 2.45) is 0 Å². The second-order valence-corrected chi connectivity index (χ2v) is 10.9. The molecule has 0 fully saturated rings. The summed E-state index contributed by atoms with van der Waals surface area (Å²) in [5, 5.41) is 3.64. The third kappa shape index (κ3) is 5.13. The SMILES string of the molecule is CCCC[C@@]1(CC)CS(=O)(=O)c2cc(OP(=O)(O)O)ccc2[C@H](c2ccccc2)N1. The molecule has 0 bridgehead atoms. The molecule has 1 aliphatic heterocycles. The van der Waals surface area contributed by atoms with Gasteiger partial charge in [-0.2, -0.15) is 0 Å². The maximum atomic E-state index is 13.4. The molecule has 1 aliphatic rings. The molecule has 1 heterocycles. The van der Waals surface area contributed by atoms with Gasteiger partial charge in [0.1, 0.15) is 5.75 Å². The van der Waals surface area contributed by atoms with Crippen LogP contribution in [0.3, 0.4) is 0 Å². The van der Waals surface area contributed by atoms with Crippen LogP contribution >= 0.6 is 7.82 Å². The molecule has 7 nitrogen and oxygen atoms in total. The Morgan fingerprint density at radius 3 is 2.47 bits per heavy atom. The second kappa shape index (κ2) is 8.81. The third-order valence-corrected chi connectivity index (χ3v) is 8.00. The molecule has 0 saturated heterocycles. The van der Waals surface area contributed by atoms with Gasteiger partial charge in [-0.05, 0) is 36.1 Å². The molecule has 0 spiro atoms. The van der Waals surface area contributed by atoms with Gasteiger partial charge in [-0.15, -0.1) is 0 Å². The Morgan fingerprint density at radius 1 is 1.17 bits per heavy atom.